The van der Waals surface area contributed by atoms with E-state index in [0.29, 0.717) is 17.7 Å². The number of carbonyl (C=O) groups excluding carboxylic acids is 1. The second-order valence-electron chi connectivity index (χ2n) is 6.69. The van der Waals surface area contributed by atoms with Gasteiger partial charge in [0, 0.05) is 24.8 Å². The lowest BCUT2D eigenvalue weighted by Crippen LogP contribution is -2.42. The molecule has 3 rings (SSSR count). The fourth-order valence-corrected chi connectivity index (χ4v) is 3.79. The molecule has 8 heteroatoms. The zero-order valence-electron chi connectivity index (χ0n) is 13.6. The van der Waals surface area contributed by atoms with Crippen LogP contribution in [-0.2, 0) is 11.3 Å². The zero-order valence-corrected chi connectivity index (χ0v) is 15.3. The van der Waals surface area contributed by atoms with Crippen molar-refractivity contribution in [2.45, 2.75) is 31.8 Å². The highest BCUT2D eigenvalue weighted by atomic mass is 35.5. The maximum absolute atomic E-state index is 12.4. The summed E-state index contributed by atoms with van der Waals surface area (Å²) in [6, 6.07) is 1.88. The fourth-order valence-electron chi connectivity index (χ4n) is 3.79. The van der Waals surface area contributed by atoms with Crippen LogP contribution in [0.15, 0.2) is 12.3 Å². The van der Waals surface area contributed by atoms with Gasteiger partial charge in [-0.05, 0) is 45.2 Å². The predicted molar refractivity (Wildman–Crippen MR) is 96.2 cm³/mol. The number of rotatable bonds is 5. The molecular formula is C15H27Cl2N5O. The molecule has 1 aromatic heterocycles. The van der Waals surface area contributed by atoms with Crippen molar-refractivity contribution in [3.05, 3.63) is 12.3 Å². The molecule has 1 aromatic rings. The Bertz CT molecular complexity index is 520. The largest absolute Gasteiger partial charge is 0.327 e. The van der Waals surface area contributed by atoms with Crippen LogP contribution < -0.4 is 11.1 Å². The molecule has 132 valence electrons. The first-order valence-corrected chi connectivity index (χ1v) is 7.79. The number of amides is 1. The molecule has 6 nitrogen and oxygen atoms in total. The Balaban J connectivity index is 0.00000132. The van der Waals surface area contributed by atoms with E-state index in [1.54, 1.807) is 0 Å². The number of halogens is 2. The molecule has 23 heavy (non-hydrogen) atoms. The summed E-state index contributed by atoms with van der Waals surface area (Å²) in [5, 5.41) is 7.34. The van der Waals surface area contributed by atoms with Gasteiger partial charge in [0.15, 0.2) is 5.82 Å². The number of carbonyl (C=O) groups is 1. The minimum atomic E-state index is -0.0318. The third-order valence-electron chi connectivity index (χ3n) is 4.95. The summed E-state index contributed by atoms with van der Waals surface area (Å²) < 4.78 is 1.86. The topological polar surface area (TPSA) is 76.2 Å². The number of aromatic nitrogens is 2. The van der Waals surface area contributed by atoms with Crippen molar-refractivity contribution in [1.29, 1.82) is 0 Å². The van der Waals surface area contributed by atoms with E-state index in [1.165, 1.54) is 6.42 Å². The standard InChI is InChI=1S/C15H25N5O.2ClH/c1-19(2)7-8-20-6-5-12(18-20)17-15(21)13-10-3-4-11(9-10)14(13)16;;/h5-6,10-11,13-14H,3-4,7-9,16H2,1-2H3,(H,17,18,21);2*1H. The number of fused-ring (bicyclic) bond motifs is 2. The lowest BCUT2D eigenvalue weighted by atomic mass is 9.84. The number of likely N-dealkylation sites (N-methyl/N-ethyl adjacent to an activating group) is 1. The highest BCUT2D eigenvalue weighted by Crippen LogP contribution is 2.47. The number of nitrogens with one attached hydrogen (secondary N) is 1. The molecule has 0 radical (unpaired) electrons. The number of hydrogen-bond donors (Lipinski definition) is 2. The Morgan fingerprint density at radius 3 is 2.70 bits per heavy atom. The third kappa shape index (κ3) is 4.38. The number of nitrogens with two attached hydrogens (primary N) is 1. The van der Waals surface area contributed by atoms with E-state index < -0.39 is 0 Å². The van der Waals surface area contributed by atoms with Crippen molar-refractivity contribution in [2.24, 2.45) is 23.5 Å². The number of hydrogen-bond acceptors (Lipinski definition) is 4. The average molecular weight is 364 g/mol. The van der Waals surface area contributed by atoms with Gasteiger partial charge in [-0.1, -0.05) is 0 Å². The summed E-state index contributed by atoms with van der Waals surface area (Å²) in [6.45, 7) is 1.74. The molecule has 1 amide bonds. The summed E-state index contributed by atoms with van der Waals surface area (Å²) in [5.41, 5.74) is 6.21. The fraction of sp³-hybridized carbons (Fsp3) is 0.733. The Labute approximate surface area is 150 Å². The molecule has 3 N–H and O–H groups in total. The Kier molecular flexibility index (Phi) is 7.32. The summed E-state index contributed by atoms with van der Waals surface area (Å²) in [7, 11) is 4.06. The first-order chi connectivity index (χ1) is 10.0. The Morgan fingerprint density at radius 1 is 1.39 bits per heavy atom. The van der Waals surface area contributed by atoms with Gasteiger partial charge in [0.25, 0.3) is 0 Å². The van der Waals surface area contributed by atoms with E-state index in [4.69, 9.17) is 5.73 Å². The van der Waals surface area contributed by atoms with Crippen LogP contribution in [0.5, 0.6) is 0 Å². The van der Waals surface area contributed by atoms with E-state index in [2.05, 4.69) is 15.3 Å². The maximum Gasteiger partial charge on any atom is 0.230 e. The van der Waals surface area contributed by atoms with Crippen molar-refractivity contribution in [3.63, 3.8) is 0 Å². The van der Waals surface area contributed by atoms with Crippen LogP contribution >= 0.6 is 24.8 Å². The van der Waals surface area contributed by atoms with Crippen molar-refractivity contribution >= 4 is 36.5 Å². The van der Waals surface area contributed by atoms with E-state index >= 15 is 0 Å². The number of nitrogens with zero attached hydrogens (tertiary/aromatic N) is 3. The molecule has 2 fully saturated rings. The van der Waals surface area contributed by atoms with E-state index in [9.17, 15) is 4.79 Å². The van der Waals surface area contributed by atoms with Gasteiger partial charge < -0.3 is 16.0 Å². The van der Waals surface area contributed by atoms with Crippen LogP contribution in [0.2, 0.25) is 0 Å². The van der Waals surface area contributed by atoms with Gasteiger partial charge in [0.05, 0.1) is 12.5 Å². The van der Waals surface area contributed by atoms with Crippen molar-refractivity contribution in [3.8, 4) is 0 Å². The highest BCUT2D eigenvalue weighted by molar-refractivity contribution is 5.92. The van der Waals surface area contributed by atoms with Crippen LogP contribution in [0.25, 0.3) is 0 Å². The smallest absolute Gasteiger partial charge is 0.230 e. The molecule has 0 spiro atoms. The quantitative estimate of drug-likeness (QED) is 0.832. The zero-order chi connectivity index (χ0) is 15.0. The molecule has 2 aliphatic rings. The van der Waals surface area contributed by atoms with Crippen LogP contribution in [-0.4, -0.2) is 47.3 Å². The maximum atomic E-state index is 12.4. The summed E-state index contributed by atoms with van der Waals surface area (Å²) in [6.07, 6.45) is 5.36. The van der Waals surface area contributed by atoms with Gasteiger partial charge >= 0.3 is 0 Å². The molecule has 4 unspecified atom stereocenters. The lowest BCUT2D eigenvalue weighted by molar-refractivity contribution is -0.121. The van der Waals surface area contributed by atoms with Gasteiger partial charge in [-0.25, -0.2) is 0 Å². The highest BCUT2D eigenvalue weighted by Gasteiger charge is 2.49. The van der Waals surface area contributed by atoms with Crippen LogP contribution in [0.4, 0.5) is 5.82 Å². The summed E-state index contributed by atoms with van der Waals surface area (Å²) in [4.78, 5) is 14.5. The van der Waals surface area contributed by atoms with Crippen LogP contribution in [0, 0.1) is 17.8 Å². The summed E-state index contributed by atoms with van der Waals surface area (Å²) >= 11 is 0. The van der Waals surface area contributed by atoms with Gasteiger partial charge in [-0.3, -0.25) is 9.48 Å². The monoisotopic (exact) mass is 363 g/mol. The van der Waals surface area contributed by atoms with Gasteiger partial charge in [0.2, 0.25) is 5.91 Å². The van der Waals surface area contributed by atoms with Crippen molar-refractivity contribution in [2.75, 3.05) is 26.0 Å². The van der Waals surface area contributed by atoms with Gasteiger partial charge in [-0.15, -0.1) is 24.8 Å². The van der Waals surface area contributed by atoms with E-state index in [0.717, 1.165) is 25.9 Å². The first-order valence-electron chi connectivity index (χ1n) is 7.79. The van der Waals surface area contributed by atoms with Crippen LogP contribution in [0.3, 0.4) is 0 Å². The summed E-state index contributed by atoms with van der Waals surface area (Å²) in [5.74, 6) is 1.67. The van der Waals surface area contributed by atoms with Crippen molar-refractivity contribution in [1.82, 2.24) is 14.7 Å². The molecule has 0 aromatic carbocycles. The van der Waals surface area contributed by atoms with E-state index in [-0.39, 0.29) is 42.7 Å². The molecule has 0 saturated heterocycles. The molecule has 2 bridgehead atoms. The van der Waals surface area contributed by atoms with Gasteiger partial charge in [-0.2, -0.15) is 5.10 Å². The molecule has 2 aliphatic carbocycles. The molecule has 0 aliphatic heterocycles. The SMILES string of the molecule is CN(C)CCn1ccc(NC(=O)C2C3CCC(C3)C2N)n1.Cl.Cl. The minimum Gasteiger partial charge on any atom is -0.327 e. The minimum absolute atomic E-state index is 0. The molecule has 4 atom stereocenters. The normalized spacial score (nSPS) is 28.3. The van der Waals surface area contributed by atoms with Crippen LogP contribution in [0.1, 0.15) is 19.3 Å². The second-order valence-corrected chi connectivity index (χ2v) is 6.69. The first kappa shape index (κ1) is 20.2. The Morgan fingerprint density at radius 2 is 2.09 bits per heavy atom. The molecular weight excluding hydrogens is 337 g/mol. The number of anilines is 1. The lowest BCUT2D eigenvalue weighted by Gasteiger charge is -2.26. The second kappa shape index (κ2) is 8.33. The molecule has 1 heterocycles. The predicted octanol–water partition coefficient (Wildman–Crippen LogP) is 1.60. The Hall–Kier alpha value is -0.820. The van der Waals surface area contributed by atoms with Crippen molar-refractivity contribution < 1.29 is 4.79 Å². The average Bonchev–Trinajstić information content (AvgIpc) is 3.11. The van der Waals surface area contributed by atoms with E-state index in [1.807, 2.05) is 31.0 Å². The molecule has 2 saturated carbocycles. The van der Waals surface area contributed by atoms with Gasteiger partial charge in [0.1, 0.15) is 0 Å². The third-order valence-corrected chi connectivity index (χ3v) is 4.95.